The van der Waals surface area contributed by atoms with Crippen LogP contribution in [0.25, 0.3) is 0 Å². The molecule has 3 aliphatic rings. The van der Waals surface area contributed by atoms with E-state index in [1.54, 1.807) is 14.2 Å². The Hall–Kier alpha value is -0.673. The van der Waals surface area contributed by atoms with Crippen LogP contribution in [0.3, 0.4) is 0 Å². The Bertz CT molecular complexity index is 1450. The first-order valence-corrected chi connectivity index (χ1v) is 28.9. The van der Waals surface area contributed by atoms with Crippen LogP contribution in [0.1, 0.15) is 140 Å². The summed E-state index contributed by atoms with van der Waals surface area (Å²) < 4.78 is 39.7. The highest BCUT2D eigenvalue weighted by Gasteiger charge is 2.49. The SMILES string of the molecule is CC[Si](CC)(CC)O[C@H](C[C@H](OCc1ccc(OC)cc1)[C@@H](C)C(=O)CC(O)[C@@H](C)[C@@H]1O[C@]2(CC[C@@H](C)[C@H](CC[C@H](C)C3(C)SCCCS3)O2)CC[C@@H]1C)[C@H](OC)[C@H](O)C(C)C. The van der Waals surface area contributed by atoms with E-state index < -0.39 is 50.5 Å². The molecule has 62 heavy (non-hydrogen) atoms. The molecule has 3 heterocycles. The van der Waals surface area contributed by atoms with Gasteiger partial charge in [0, 0.05) is 44.6 Å². The van der Waals surface area contributed by atoms with E-state index in [0.29, 0.717) is 18.3 Å². The molecular weight excluding hydrogens is 837 g/mol. The van der Waals surface area contributed by atoms with Crippen molar-refractivity contribution >= 4 is 37.6 Å². The molecule has 1 aromatic rings. The van der Waals surface area contributed by atoms with Crippen molar-refractivity contribution in [1.29, 1.82) is 0 Å². The Labute approximate surface area is 387 Å². The second kappa shape index (κ2) is 24.9. The standard InChI is InChI=1S/C50H88O9S2Si/c1-14-62(15-2,16-3)59-45(48(55-13)46(53)33(4)5)31-44(56-32-39-19-21-40(54-12)22-20-39)37(9)41(51)30-42(52)38(10)47-35(7)25-27-50(58-47)26-24-34(6)43(57-50)23-18-36(8)49(11)60-28-17-29-61-49/h19-22,33-38,42-48,52-53H,14-18,23-32H2,1-13H3/t34-,35+,36+,37+,38-,42?,43+,44+,45-,46-,47-,48+,50-/m1/s1. The molecule has 0 radical (unpaired) electrons. The van der Waals surface area contributed by atoms with Crippen LogP contribution < -0.4 is 4.74 Å². The van der Waals surface area contributed by atoms with Gasteiger partial charge in [-0.1, -0.05) is 81.4 Å². The number of Topliss-reactive ketones (excluding diaryl/α,β-unsaturated/α-hetero) is 1. The monoisotopic (exact) mass is 925 g/mol. The van der Waals surface area contributed by atoms with Crippen molar-refractivity contribution < 1.29 is 43.1 Å². The Balaban J connectivity index is 1.50. The number of ether oxygens (including phenoxy) is 5. The van der Waals surface area contributed by atoms with Gasteiger partial charge in [-0.05, 0) is 110 Å². The van der Waals surface area contributed by atoms with Gasteiger partial charge in [-0.3, -0.25) is 4.79 Å². The number of methoxy groups -OCH3 is 2. The van der Waals surface area contributed by atoms with Gasteiger partial charge in [-0.2, -0.15) is 0 Å². The zero-order valence-electron chi connectivity index (χ0n) is 41.0. The fraction of sp³-hybridized carbons (Fsp3) is 0.860. The number of aliphatic hydroxyl groups is 2. The van der Waals surface area contributed by atoms with Crippen LogP contribution in [0.4, 0.5) is 0 Å². The Morgan fingerprint density at radius 2 is 1.52 bits per heavy atom. The van der Waals surface area contributed by atoms with E-state index in [-0.39, 0.29) is 52.9 Å². The third-order valence-electron chi connectivity index (χ3n) is 15.4. The number of carbonyl (C=O) groups excluding carboxylic acids is 1. The molecule has 1 spiro atoms. The first-order chi connectivity index (χ1) is 29.4. The van der Waals surface area contributed by atoms with Gasteiger partial charge in [0.05, 0.1) is 54.4 Å². The van der Waals surface area contributed by atoms with Gasteiger partial charge in [0.15, 0.2) is 14.1 Å². The van der Waals surface area contributed by atoms with E-state index in [0.717, 1.165) is 68.0 Å². The summed E-state index contributed by atoms with van der Waals surface area (Å²) in [5, 5.41) is 23.4. The molecule has 9 nitrogen and oxygen atoms in total. The Morgan fingerprint density at radius 1 is 0.903 bits per heavy atom. The number of hydrogen-bond acceptors (Lipinski definition) is 11. The number of thioether (sulfide) groups is 2. The zero-order valence-corrected chi connectivity index (χ0v) is 43.6. The van der Waals surface area contributed by atoms with Crippen LogP contribution in [0.2, 0.25) is 18.1 Å². The van der Waals surface area contributed by atoms with E-state index >= 15 is 0 Å². The minimum atomic E-state index is -2.19. The highest BCUT2D eigenvalue weighted by molar-refractivity contribution is 8.18. The molecule has 1 unspecified atom stereocenters. The smallest absolute Gasteiger partial charge is 0.192 e. The quantitative estimate of drug-likeness (QED) is 0.0914. The topological polar surface area (TPSA) is 113 Å². The van der Waals surface area contributed by atoms with Crippen LogP contribution in [0, 0.1) is 35.5 Å². The molecule has 0 saturated carbocycles. The number of carbonyl (C=O) groups is 1. The van der Waals surface area contributed by atoms with E-state index in [4.69, 9.17) is 28.1 Å². The zero-order chi connectivity index (χ0) is 45.8. The normalized spacial score (nSPS) is 28.5. The highest BCUT2D eigenvalue weighted by Crippen LogP contribution is 2.50. The molecule has 0 aromatic heterocycles. The maximum absolute atomic E-state index is 14.5. The number of aliphatic hydroxyl groups excluding tert-OH is 2. The average Bonchev–Trinajstić information content (AvgIpc) is 3.27. The van der Waals surface area contributed by atoms with Gasteiger partial charge in [0.1, 0.15) is 17.6 Å². The Morgan fingerprint density at radius 3 is 2.08 bits per heavy atom. The van der Waals surface area contributed by atoms with Crippen LogP contribution in [-0.4, -0.2) is 103 Å². The van der Waals surface area contributed by atoms with E-state index in [2.05, 4.69) is 72.0 Å². The third kappa shape index (κ3) is 14.2. The summed E-state index contributed by atoms with van der Waals surface area (Å²) in [4.78, 5) is 14.5. The van der Waals surface area contributed by atoms with Crippen molar-refractivity contribution in [3.63, 3.8) is 0 Å². The van der Waals surface area contributed by atoms with E-state index in [1.165, 1.54) is 17.9 Å². The number of hydrogen-bond donors (Lipinski definition) is 2. The summed E-state index contributed by atoms with van der Waals surface area (Å²) >= 11 is 4.26. The maximum Gasteiger partial charge on any atom is 0.192 e. The van der Waals surface area contributed by atoms with Gasteiger partial charge in [0.25, 0.3) is 0 Å². The molecular formula is C50H88O9S2Si. The molecule has 358 valence electrons. The minimum absolute atomic E-state index is 0.0110. The molecule has 12 heteroatoms. The van der Waals surface area contributed by atoms with Gasteiger partial charge >= 0.3 is 0 Å². The predicted octanol–water partition coefficient (Wildman–Crippen LogP) is 11.3. The first-order valence-electron chi connectivity index (χ1n) is 24.4. The van der Waals surface area contributed by atoms with Crippen molar-refractivity contribution in [1.82, 2.24) is 0 Å². The lowest BCUT2D eigenvalue weighted by molar-refractivity contribution is -0.340. The van der Waals surface area contributed by atoms with Crippen LogP contribution >= 0.6 is 23.5 Å². The van der Waals surface area contributed by atoms with E-state index in [1.807, 2.05) is 52.0 Å². The van der Waals surface area contributed by atoms with Gasteiger partial charge in [-0.15, -0.1) is 23.5 Å². The summed E-state index contributed by atoms with van der Waals surface area (Å²) in [5.74, 6) is 2.93. The number of benzene rings is 1. The van der Waals surface area contributed by atoms with Gasteiger partial charge in [-0.25, -0.2) is 0 Å². The fourth-order valence-electron chi connectivity index (χ4n) is 10.0. The van der Waals surface area contributed by atoms with Crippen molar-refractivity contribution in [3.05, 3.63) is 29.8 Å². The average molecular weight is 925 g/mol. The molecule has 3 aliphatic heterocycles. The predicted molar refractivity (Wildman–Crippen MR) is 259 cm³/mol. The van der Waals surface area contributed by atoms with Crippen LogP contribution in [0.5, 0.6) is 5.75 Å². The molecule has 4 rings (SSSR count). The molecule has 3 fully saturated rings. The van der Waals surface area contributed by atoms with Crippen LogP contribution in [0.15, 0.2) is 24.3 Å². The summed E-state index contributed by atoms with van der Waals surface area (Å²) in [7, 11) is 1.09. The minimum Gasteiger partial charge on any atom is -0.497 e. The lowest BCUT2D eigenvalue weighted by atomic mass is 9.78. The lowest BCUT2D eigenvalue weighted by Crippen LogP contribution is -2.54. The molecule has 2 N–H and O–H groups in total. The Kier molecular flexibility index (Phi) is 21.7. The lowest BCUT2D eigenvalue weighted by Gasteiger charge is -2.51. The number of ketones is 1. The van der Waals surface area contributed by atoms with Crippen molar-refractivity contribution in [3.8, 4) is 5.75 Å². The molecule has 0 aliphatic carbocycles. The highest BCUT2D eigenvalue weighted by atomic mass is 32.2. The van der Waals surface area contributed by atoms with Gasteiger partial charge < -0.3 is 38.3 Å². The summed E-state index contributed by atoms with van der Waals surface area (Å²) in [5.41, 5.74) is 0.955. The summed E-state index contributed by atoms with van der Waals surface area (Å²) in [6.45, 7) is 24.2. The molecule has 3 saturated heterocycles. The maximum atomic E-state index is 14.5. The first kappa shape index (κ1) is 53.9. The fourth-order valence-corrected chi connectivity index (χ4v) is 16.1. The number of rotatable bonds is 25. The molecule has 0 bridgehead atoms. The van der Waals surface area contributed by atoms with Crippen LogP contribution in [-0.2, 0) is 34.8 Å². The second-order valence-corrected chi connectivity index (χ2v) is 28.0. The second-order valence-electron chi connectivity index (χ2n) is 19.9. The molecule has 13 atom stereocenters. The van der Waals surface area contributed by atoms with Gasteiger partial charge in [0.2, 0.25) is 0 Å². The van der Waals surface area contributed by atoms with Crippen molar-refractivity contribution in [2.24, 2.45) is 35.5 Å². The van der Waals surface area contributed by atoms with Crippen molar-refractivity contribution in [2.75, 3.05) is 25.7 Å². The third-order valence-corrected chi connectivity index (χ3v) is 23.7. The molecule has 0 amide bonds. The molecule has 1 aromatic carbocycles. The summed E-state index contributed by atoms with van der Waals surface area (Å²) in [6, 6.07) is 10.6. The van der Waals surface area contributed by atoms with E-state index in [9.17, 15) is 15.0 Å². The summed E-state index contributed by atoms with van der Waals surface area (Å²) in [6.07, 6.45) is 4.14. The largest absolute Gasteiger partial charge is 0.497 e. The van der Waals surface area contributed by atoms with Crippen molar-refractivity contribution in [2.45, 2.75) is 211 Å².